The Morgan fingerprint density at radius 3 is 1.31 bits per heavy atom. The van der Waals surface area contributed by atoms with Crippen molar-refractivity contribution >= 4 is 27.5 Å². The standard InChI is InChI=1S/C5H9Br.C5H10.C4H7Cl/c1-3-5(2)4-6;1-4-5(2)3;1-4(2)3-5/h2-4H2,1H3;2,4H2,1,3H3;1,3H2,2H3. The fourth-order valence-electron chi connectivity index (χ4n) is 0.0945. The molecule has 0 aliphatic heterocycles. The third-order valence-corrected chi connectivity index (χ3v) is 2.77. The summed E-state index contributed by atoms with van der Waals surface area (Å²) in [5.74, 6) is 0.583. The molecule has 0 atom stereocenters. The second kappa shape index (κ2) is 17.4. The number of hydrogen-bond acceptors (Lipinski definition) is 0. The Kier molecular flexibility index (Phi) is 23.1. The lowest BCUT2D eigenvalue weighted by Crippen LogP contribution is -1.73. The highest BCUT2D eigenvalue weighted by Crippen LogP contribution is 1.98. The van der Waals surface area contributed by atoms with Crippen LogP contribution in [0.25, 0.3) is 0 Å². The zero-order valence-electron chi connectivity index (χ0n) is 11.2. The summed E-state index contributed by atoms with van der Waals surface area (Å²) in [5.41, 5.74) is 3.53. The Balaban J connectivity index is -0.000000160. The second-order valence-corrected chi connectivity index (χ2v) is 4.47. The van der Waals surface area contributed by atoms with Crippen LogP contribution in [-0.2, 0) is 0 Å². The van der Waals surface area contributed by atoms with Gasteiger partial charge in [-0.3, -0.25) is 0 Å². The van der Waals surface area contributed by atoms with Crippen LogP contribution in [-0.4, -0.2) is 11.2 Å². The Hall–Kier alpha value is -0.0100. The van der Waals surface area contributed by atoms with Gasteiger partial charge in [0.2, 0.25) is 0 Å². The molecule has 96 valence electrons. The van der Waals surface area contributed by atoms with Gasteiger partial charge in [-0.05, 0) is 26.7 Å². The molecule has 0 spiro atoms. The van der Waals surface area contributed by atoms with Crippen LogP contribution in [0, 0.1) is 0 Å². The quantitative estimate of drug-likeness (QED) is 0.433. The number of halogens is 2. The molecule has 0 aromatic carbocycles. The molecule has 0 aromatic heterocycles. The van der Waals surface area contributed by atoms with Gasteiger partial charge in [-0.1, -0.05) is 59.7 Å². The SMILES string of the molecule is C=C(C)CC.C=C(C)CCl.C=C(CC)CBr. The zero-order chi connectivity index (χ0) is 13.6. The van der Waals surface area contributed by atoms with Crippen molar-refractivity contribution < 1.29 is 0 Å². The van der Waals surface area contributed by atoms with Crippen LogP contribution < -0.4 is 0 Å². The molecule has 16 heavy (non-hydrogen) atoms. The van der Waals surface area contributed by atoms with Crippen molar-refractivity contribution in [1.29, 1.82) is 0 Å². The fraction of sp³-hybridized carbons (Fsp3) is 0.571. The van der Waals surface area contributed by atoms with Crippen LogP contribution >= 0.6 is 27.5 Å². The molecule has 0 aliphatic rings. The molecular weight excluding hydrogens is 284 g/mol. The first-order valence-electron chi connectivity index (χ1n) is 5.42. The summed E-state index contributed by atoms with van der Waals surface area (Å²) >= 11 is 8.51. The third-order valence-electron chi connectivity index (χ3n) is 1.52. The van der Waals surface area contributed by atoms with E-state index in [1.807, 2.05) is 13.8 Å². The molecule has 0 unspecified atom stereocenters. The number of allylic oxidation sites excluding steroid dienone is 3. The van der Waals surface area contributed by atoms with Crippen molar-refractivity contribution in [3.8, 4) is 0 Å². The van der Waals surface area contributed by atoms with Gasteiger partial charge in [0.25, 0.3) is 0 Å². The van der Waals surface area contributed by atoms with E-state index in [0.717, 1.165) is 23.7 Å². The van der Waals surface area contributed by atoms with Crippen molar-refractivity contribution in [2.45, 2.75) is 40.5 Å². The summed E-state index contributed by atoms with van der Waals surface area (Å²) < 4.78 is 0. The van der Waals surface area contributed by atoms with E-state index in [4.69, 9.17) is 11.6 Å². The lowest BCUT2D eigenvalue weighted by Gasteiger charge is -1.87. The van der Waals surface area contributed by atoms with Crippen LogP contribution in [0.1, 0.15) is 40.5 Å². The van der Waals surface area contributed by atoms with Gasteiger partial charge < -0.3 is 0 Å². The summed E-state index contributed by atoms with van der Waals surface area (Å²) in [6, 6.07) is 0. The highest BCUT2D eigenvalue weighted by Gasteiger charge is 1.79. The summed E-state index contributed by atoms with van der Waals surface area (Å²) in [6.07, 6.45) is 2.20. The molecule has 0 rings (SSSR count). The summed E-state index contributed by atoms with van der Waals surface area (Å²) in [5, 5.41) is 0.948. The zero-order valence-corrected chi connectivity index (χ0v) is 13.5. The van der Waals surface area contributed by atoms with Crippen LogP contribution in [0.3, 0.4) is 0 Å². The minimum atomic E-state index is 0.583. The molecule has 0 saturated carbocycles. The van der Waals surface area contributed by atoms with E-state index in [1.54, 1.807) is 0 Å². The van der Waals surface area contributed by atoms with E-state index in [9.17, 15) is 0 Å². The maximum Gasteiger partial charge on any atom is 0.0428 e. The van der Waals surface area contributed by atoms with Gasteiger partial charge in [-0.25, -0.2) is 0 Å². The Bertz CT molecular complexity index is 175. The molecule has 0 bridgehead atoms. The molecule has 2 heteroatoms. The number of alkyl halides is 2. The Morgan fingerprint density at radius 2 is 1.31 bits per heavy atom. The third kappa shape index (κ3) is 37.0. The molecule has 0 nitrogen and oxygen atoms in total. The second-order valence-electron chi connectivity index (χ2n) is 3.64. The predicted octanol–water partition coefficient (Wildman–Crippen LogP) is 6.12. The molecule has 0 aliphatic carbocycles. The van der Waals surface area contributed by atoms with E-state index in [-0.39, 0.29) is 0 Å². The molecule has 0 aromatic rings. The van der Waals surface area contributed by atoms with Gasteiger partial charge >= 0.3 is 0 Å². The van der Waals surface area contributed by atoms with Crippen LogP contribution in [0.2, 0.25) is 0 Å². The number of rotatable bonds is 4. The normalized spacial score (nSPS) is 7.88. The van der Waals surface area contributed by atoms with Crippen molar-refractivity contribution in [2.75, 3.05) is 11.2 Å². The summed E-state index contributed by atoms with van der Waals surface area (Å²) in [6.45, 7) is 19.1. The Morgan fingerprint density at radius 1 is 1.00 bits per heavy atom. The van der Waals surface area contributed by atoms with Gasteiger partial charge in [0.05, 0.1) is 0 Å². The van der Waals surface area contributed by atoms with Gasteiger partial charge in [-0.2, -0.15) is 0 Å². The smallest absolute Gasteiger partial charge is 0.0428 e. The van der Waals surface area contributed by atoms with E-state index in [1.165, 1.54) is 11.1 Å². The van der Waals surface area contributed by atoms with Crippen LogP contribution in [0.15, 0.2) is 36.5 Å². The van der Waals surface area contributed by atoms with E-state index < -0.39 is 0 Å². The average Bonchev–Trinajstić information content (AvgIpc) is 2.29. The molecule has 0 saturated heterocycles. The lowest BCUT2D eigenvalue weighted by molar-refractivity contribution is 1.11. The molecule has 0 N–H and O–H groups in total. The van der Waals surface area contributed by atoms with Crippen LogP contribution in [0.5, 0.6) is 0 Å². The van der Waals surface area contributed by atoms with E-state index >= 15 is 0 Å². The van der Waals surface area contributed by atoms with Crippen LogP contribution in [0.4, 0.5) is 0 Å². The van der Waals surface area contributed by atoms with Crippen molar-refractivity contribution in [3.63, 3.8) is 0 Å². The lowest BCUT2D eigenvalue weighted by atomic mass is 10.3. The first-order chi connectivity index (χ1) is 7.35. The fourth-order valence-corrected chi connectivity index (χ4v) is 0.491. The van der Waals surface area contributed by atoms with Gasteiger partial charge in [0, 0.05) is 11.2 Å². The van der Waals surface area contributed by atoms with Gasteiger partial charge in [0.1, 0.15) is 0 Å². The molecule has 0 amide bonds. The van der Waals surface area contributed by atoms with Gasteiger partial charge in [0.15, 0.2) is 0 Å². The first-order valence-corrected chi connectivity index (χ1v) is 7.08. The van der Waals surface area contributed by atoms with Crippen molar-refractivity contribution in [1.82, 2.24) is 0 Å². The summed E-state index contributed by atoms with van der Waals surface area (Å²) in [4.78, 5) is 0. The largest absolute Gasteiger partial charge is 0.122 e. The van der Waals surface area contributed by atoms with E-state index in [0.29, 0.717) is 5.88 Å². The number of hydrogen-bond donors (Lipinski definition) is 0. The first kappa shape index (κ1) is 21.3. The minimum Gasteiger partial charge on any atom is -0.122 e. The molecular formula is C14H26BrCl. The highest BCUT2D eigenvalue weighted by molar-refractivity contribution is 9.09. The average molecular weight is 310 g/mol. The Labute approximate surface area is 116 Å². The monoisotopic (exact) mass is 308 g/mol. The van der Waals surface area contributed by atoms with E-state index in [2.05, 4.69) is 49.5 Å². The van der Waals surface area contributed by atoms with Gasteiger partial charge in [-0.15, -0.1) is 18.2 Å². The maximum atomic E-state index is 5.24. The molecule has 0 fully saturated rings. The predicted molar refractivity (Wildman–Crippen MR) is 83.9 cm³/mol. The molecule has 0 heterocycles. The maximum absolute atomic E-state index is 5.24. The van der Waals surface area contributed by atoms with Crippen molar-refractivity contribution in [2.24, 2.45) is 0 Å². The highest BCUT2D eigenvalue weighted by atomic mass is 79.9. The van der Waals surface area contributed by atoms with Crippen molar-refractivity contribution in [3.05, 3.63) is 36.5 Å². The summed E-state index contributed by atoms with van der Waals surface area (Å²) in [7, 11) is 0. The molecule has 0 radical (unpaired) electrons. The minimum absolute atomic E-state index is 0.583. The topological polar surface area (TPSA) is 0 Å².